The minimum Gasteiger partial charge on any atom is -0.480 e. The molecule has 2 rings (SSSR count). The van der Waals surface area contributed by atoms with Crippen LogP contribution in [0.1, 0.15) is 5.56 Å². The summed E-state index contributed by atoms with van der Waals surface area (Å²) in [7, 11) is 1.46. The Morgan fingerprint density at radius 1 is 1.42 bits per heavy atom. The van der Waals surface area contributed by atoms with E-state index in [1.807, 2.05) is 0 Å². The van der Waals surface area contributed by atoms with Gasteiger partial charge in [-0.15, -0.1) is 0 Å². The van der Waals surface area contributed by atoms with E-state index in [0.717, 1.165) is 0 Å². The van der Waals surface area contributed by atoms with Gasteiger partial charge in [-0.3, -0.25) is 9.59 Å². The highest BCUT2D eigenvalue weighted by atomic mass is 19.1. The number of benzene rings is 1. The zero-order valence-electron chi connectivity index (χ0n) is 10.4. The first-order valence-corrected chi connectivity index (χ1v) is 5.77. The number of aliphatic carboxylic acids is 1. The van der Waals surface area contributed by atoms with Crippen molar-refractivity contribution in [3.05, 3.63) is 35.6 Å². The standard InChI is InChI=1S/C13H14FNO4/c1-15(6-9-4-2-3-5-10(9)14)11(16)13(12(17)18)7-19-8-13/h2-5H,6-8H2,1H3,(H,17,18). The predicted octanol–water partition coefficient (Wildman–Crippen LogP) is 0.885. The quantitative estimate of drug-likeness (QED) is 0.823. The normalized spacial score (nSPS) is 16.5. The first-order valence-electron chi connectivity index (χ1n) is 5.77. The lowest BCUT2D eigenvalue weighted by molar-refractivity contribution is -0.190. The average Bonchev–Trinajstić information content (AvgIpc) is 2.30. The fourth-order valence-electron chi connectivity index (χ4n) is 1.96. The van der Waals surface area contributed by atoms with Gasteiger partial charge in [-0.05, 0) is 6.07 Å². The third-order valence-electron chi connectivity index (χ3n) is 3.23. The minimum atomic E-state index is -1.51. The van der Waals surface area contributed by atoms with Gasteiger partial charge in [-0.1, -0.05) is 18.2 Å². The maximum absolute atomic E-state index is 13.5. The highest BCUT2D eigenvalue weighted by Gasteiger charge is 2.54. The second kappa shape index (κ2) is 4.97. The second-order valence-electron chi connectivity index (χ2n) is 4.63. The number of carboxylic acid groups (broad SMARTS) is 1. The van der Waals surface area contributed by atoms with Crippen LogP contribution in [0.15, 0.2) is 24.3 Å². The number of ether oxygens (including phenoxy) is 1. The van der Waals surface area contributed by atoms with Crippen LogP contribution >= 0.6 is 0 Å². The predicted molar refractivity (Wildman–Crippen MR) is 63.8 cm³/mol. The monoisotopic (exact) mass is 267 g/mol. The van der Waals surface area contributed by atoms with Crippen LogP contribution in [0.4, 0.5) is 4.39 Å². The van der Waals surface area contributed by atoms with Gasteiger partial charge in [0.1, 0.15) is 5.82 Å². The van der Waals surface area contributed by atoms with E-state index < -0.39 is 23.1 Å². The molecule has 1 heterocycles. The molecule has 6 heteroatoms. The lowest BCUT2D eigenvalue weighted by Gasteiger charge is -2.38. The molecule has 1 aromatic carbocycles. The molecule has 1 fully saturated rings. The molecular weight excluding hydrogens is 253 g/mol. The third-order valence-corrected chi connectivity index (χ3v) is 3.23. The van der Waals surface area contributed by atoms with Crippen LogP contribution in [0, 0.1) is 11.2 Å². The number of halogens is 1. The van der Waals surface area contributed by atoms with Gasteiger partial charge in [0.15, 0.2) is 5.41 Å². The van der Waals surface area contributed by atoms with E-state index in [1.54, 1.807) is 18.2 Å². The zero-order chi connectivity index (χ0) is 14.0. The summed E-state index contributed by atoms with van der Waals surface area (Å²) in [6.07, 6.45) is 0. The van der Waals surface area contributed by atoms with E-state index in [2.05, 4.69) is 0 Å². The largest absolute Gasteiger partial charge is 0.480 e. The Bertz CT molecular complexity index is 513. The van der Waals surface area contributed by atoms with Crippen LogP contribution in [0.25, 0.3) is 0 Å². The van der Waals surface area contributed by atoms with Crippen molar-refractivity contribution in [2.75, 3.05) is 20.3 Å². The molecular formula is C13H14FNO4. The number of hydrogen-bond acceptors (Lipinski definition) is 3. The van der Waals surface area contributed by atoms with E-state index in [0.29, 0.717) is 5.56 Å². The van der Waals surface area contributed by atoms with Gasteiger partial charge in [0.05, 0.1) is 13.2 Å². The minimum absolute atomic E-state index is 0.0283. The molecule has 1 amide bonds. The molecule has 0 unspecified atom stereocenters. The Hall–Kier alpha value is -1.95. The van der Waals surface area contributed by atoms with Gasteiger partial charge < -0.3 is 14.7 Å². The lowest BCUT2D eigenvalue weighted by Crippen LogP contribution is -2.59. The topological polar surface area (TPSA) is 66.8 Å². The van der Waals surface area contributed by atoms with Crippen LogP contribution in [0.2, 0.25) is 0 Å². The molecule has 0 spiro atoms. The van der Waals surface area contributed by atoms with Crippen molar-refractivity contribution < 1.29 is 23.8 Å². The van der Waals surface area contributed by atoms with E-state index in [-0.39, 0.29) is 19.8 Å². The lowest BCUT2D eigenvalue weighted by atomic mass is 9.84. The summed E-state index contributed by atoms with van der Waals surface area (Å²) in [6, 6.07) is 6.08. The summed E-state index contributed by atoms with van der Waals surface area (Å²) in [5.74, 6) is -2.19. The van der Waals surface area contributed by atoms with Crippen molar-refractivity contribution >= 4 is 11.9 Å². The molecule has 1 saturated heterocycles. The first kappa shape index (κ1) is 13.5. The van der Waals surface area contributed by atoms with E-state index in [4.69, 9.17) is 9.84 Å². The van der Waals surface area contributed by atoms with Crippen molar-refractivity contribution in [1.82, 2.24) is 4.90 Å². The van der Waals surface area contributed by atoms with Gasteiger partial charge in [0, 0.05) is 19.2 Å². The molecule has 0 atom stereocenters. The molecule has 0 radical (unpaired) electrons. The summed E-state index contributed by atoms with van der Waals surface area (Å²) in [6.45, 7) is -0.244. The Morgan fingerprint density at radius 2 is 2.05 bits per heavy atom. The molecule has 0 aromatic heterocycles. The molecule has 1 aliphatic rings. The van der Waals surface area contributed by atoms with E-state index >= 15 is 0 Å². The number of hydrogen-bond donors (Lipinski definition) is 1. The van der Waals surface area contributed by atoms with Gasteiger partial charge in [-0.25, -0.2) is 4.39 Å². The van der Waals surface area contributed by atoms with Crippen LogP contribution in [0.5, 0.6) is 0 Å². The van der Waals surface area contributed by atoms with Crippen LogP contribution in [-0.4, -0.2) is 42.1 Å². The number of carbonyl (C=O) groups excluding carboxylic acids is 1. The number of rotatable bonds is 4. The van der Waals surface area contributed by atoms with Crippen LogP contribution < -0.4 is 0 Å². The SMILES string of the molecule is CN(Cc1ccccc1F)C(=O)C1(C(=O)O)COC1. The molecule has 102 valence electrons. The average molecular weight is 267 g/mol. The molecule has 1 aromatic rings. The summed E-state index contributed by atoms with van der Waals surface area (Å²) < 4.78 is 18.3. The summed E-state index contributed by atoms with van der Waals surface area (Å²) in [5.41, 5.74) is -1.17. The van der Waals surface area contributed by atoms with Crippen molar-refractivity contribution in [2.24, 2.45) is 5.41 Å². The Balaban J connectivity index is 2.12. The summed E-state index contributed by atoms with van der Waals surface area (Å²) in [5, 5.41) is 9.12. The first-order chi connectivity index (χ1) is 8.97. The Morgan fingerprint density at radius 3 is 2.53 bits per heavy atom. The second-order valence-corrected chi connectivity index (χ2v) is 4.63. The summed E-state index contributed by atoms with van der Waals surface area (Å²) in [4.78, 5) is 24.5. The molecule has 0 aliphatic carbocycles. The number of amides is 1. The molecule has 0 bridgehead atoms. The zero-order valence-corrected chi connectivity index (χ0v) is 10.4. The van der Waals surface area contributed by atoms with Crippen molar-refractivity contribution in [1.29, 1.82) is 0 Å². The Labute approximate surface area is 109 Å². The molecule has 1 aliphatic heterocycles. The Kier molecular flexibility index (Phi) is 3.53. The van der Waals surface area contributed by atoms with Gasteiger partial charge in [-0.2, -0.15) is 0 Å². The molecule has 5 nitrogen and oxygen atoms in total. The van der Waals surface area contributed by atoms with Crippen molar-refractivity contribution in [3.63, 3.8) is 0 Å². The fraction of sp³-hybridized carbons (Fsp3) is 0.385. The summed E-state index contributed by atoms with van der Waals surface area (Å²) >= 11 is 0. The van der Waals surface area contributed by atoms with Gasteiger partial charge >= 0.3 is 5.97 Å². The number of carbonyl (C=O) groups is 2. The van der Waals surface area contributed by atoms with E-state index in [9.17, 15) is 14.0 Å². The van der Waals surface area contributed by atoms with Crippen molar-refractivity contribution in [2.45, 2.75) is 6.54 Å². The number of carboxylic acids is 1. The van der Waals surface area contributed by atoms with Gasteiger partial charge in [0.25, 0.3) is 0 Å². The maximum Gasteiger partial charge on any atom is 0.324 e. The van der Waals surface area contributed by atoms with Crippen LogP contribution in [0.3, 0.4) is 0 Å². The highest BCUT2D eigenvalue weighted by Crippen LogP contribution is 2.30. The van der Waals surface area contributed by atoms with Crippen molar-refractivity contribution in [3.8, 4) is 0 Å². The van der Waals surface area contributed by atoms with Crippen LogP contribution in [-0.2, 0) is 20.9 Å². The fourth-order valence-corrected chi connectivity index (χ4v) is 1.96. The third kappa shape index (κ3) is 2.31. The molecule has 1 N–H and O–H groups in total. The van der Waals surface area contributed by atoms with E-state index in [1.165, 1.54) is 18.0 Å². The number of nitrogens with zero attached hydrogens (tertiary/aromatic N) is 1. The maximum atomic E-state index is 13.5. The smallest absolute Gasteiger partial charge is 0.324 e. The highest BCUT2D eigenvalue weighted by molar-refractivity contribution is 6.03. The molecule has 0 saturated carbocycles. The molecule has 19 heavy (non-hydrogen) atoms. The van der Waals surface area contributed by atoms with Gasteiger partial charge in [0.2, 0.25) is 5.91 Å².